The third kappa shape index (κ3) is 7.31. The molecule has 252 valence electrons. The van der Waals surface area contributed by atoms with Crippen molar-refractivity contribution in [2.24, 2.45) is 0 Å². The largest absolute Gasteiger partial charge is 0.444 e. The molecule has 5 heterocycles. The number of nitrogens with zero attached hydrogens (tertiary/aromatic N) is 9. The minimum Gasteiger partial charge on any atom is -0.444 e. The molecule has 3 amide bonds. The summed E-state index contributed by atoms with van der Waals surface area (Å²) in [5.74, 6) is 2.07. The van der Waals surface area contributed by atoms with Gasteiger partial charge in [0.1, 0.15) is 28.5 Å². The summed E-state index contributed by atoms with van der Waals surface area (Å²) in [6.07, 6.45) is -0.869. The average Bonchev–Trinajstić information content (AvgIpc) is 3.56. The molecule has 0 radical (unpaired) electrons. The standard InChI is InChI=1S/C33H45N9O5/c1-20(2)39(10)26-16-21-22(24(35-26)18-38(9)30(44)46-32(3,4)5)17-42(29(21)43)25-13-11-12-23(34-25)28-37-36-27-19-40(14-15-41(27)28)31(45)47-33(6,7)8/h11-13,16,20H,14-15,17-19H2,1-10H3. The Hall–Kier alpha value is -4.75. The van der Waals surface area contributed by atoms with Gasteiger partial charge in [0.15, 0.2) is 11.6 Å². The highest BCUT2D eigenvalue weighted by molar-refractivity contribution is 6.10. The van der Waals surface area contributed by atoms with Crippen molar-refractivity contribution in [3.63, 3.8) is 0 Å². The van der Waals surface area contributed by atoms with Gasteiger partial charge in [-0.3, -0.25) is 14.6 Å². The third-order valence-electron chi connectivity index (χ3n) is 7.86. The molecule has 0 N–H and O–H groups in total. The minimum atomic E-state index is -0.648. The zero-order chi connectivity index (χ0) is 34.4. The van der Waals surface area contributed by atoms with E-state index < -0.39 is 23.4 Å². The first-order valence-electron chi connectivity index (χ1n) is 15.8. The van der Waals surface area contributed by atoms with Crippen LogP contribution in [-0.2, 0) is 35.7 Å². The highest BCUT2D eigenvalue weighted by atomic mass is 16.6. The second-order valence-corrected chi connectivity index (χ2v) is 14.3. The maximum absolute atomic E-state index is 14.0. The van der Waals surface area contributed by atoms with E-state index in [9.17, 15) is 14.4 Å². The van der Waals surface area contributed by atoms with Crippen molar-refractivity contribution >= 4 is 29.7 Å². The van der Waals surface area contributed by atoms with Crippen LogP contribution in [0.3, 0.4) is 0 Å². The van der Waals surface area contributed by atoms with Crippen LogP contribution in [-0.4, -0.2) is 90.5 Å². The molecule has 2 aliphatic rings. The van der Waals surface area contributed by atoms with E-state index >= 15 is 0 Å². The van der Waals surface area contributed by atoms with Crippen molar-refractivity contribution in [1.82, 2.24) is 34.5 Å². The number of hydrogen-bond acceptors (Lipinski definition) is 10. The van der Waals surface area contributed by atoms with Crippen molar-refractivity contribution in [2.45, 2.75) is 98.8 Å². The third-order valence-corrected chi connectivity index (χ3v) is 7.86. The van der Waals surface area contributed by atoms with Gasteiger partial charge in [0.05, 0.1) is 30.9 Å². The summed E-state index contributed by atoms with van der Waals surface area (Å²) in [5.41, 5.74) is 1.18. The fraction of sp³-hybridized carbons (Fsp3) is 0.545. The van der Waals surface area contributed by atoms with Crippen LogP contribution in [0.4, 0.5) is 21.2 Å². The Labute approximate surface area is 275 Å². The van der Waals surface area contributed by atoms with Gasteiger partial charge in [0.25, 0.3) is 5.91 Å². The first-order chi connectivity index (χ1) is 21.9. The van der Waals surface area contributed by atoms with Crippen molar-refractivity contribution in [1.29, 1.82) is 0 Å². The molecule has 14 heteroatoms. The van der Waals surface area contributed by atoms with Crippen LogP contribution < -0.4 is 9.80 Å². The van der Waals surface area contributed by atoms with Crippen molar-refractivity contribution in [2.75, 3.05) is 30.4 Å². The van der Waals surface area contributed by atoms with E-state index in [1.54, 1.807) is 22.9 Å². The smallest absolute Gasteiger partial charge is 0.410 e. The molecular formula is C33H45N9O5. The van der Waals surface area contributed by atoms with Crippen LogP contribution in [0.5, 0.6) is 0 Å². The lowest BCUT2D eigenvalue weighted by Gasteiger charge is -2.30. The summed E-state index contributed by atoms with van der Waals surface area (Å²) in [5, 5.41) is 8.74. The van der Waals surface area contributed by atoms with Gasteiger partial charge in [-0.05, 0) is 73.6 Å². The lowest BCUT2D eigenvalue weighted by molar-refractivity contribution is 0.0194. The van der Waals surface area contributed by atoms with Gasteiger partial charge < -0.3 is 23.8 Å². The molecular weight excluding hydrogens is 602 g/mol. The van der Waals surface area contributed by atoms with Crippen LogP contribution in [0.15, 0.2) is 24.3 Å². The number of anilines is 2. The van der Waals surface area contributed by atoms with E-state index in [0.717, 1.165) is 5.56 Å². The van der Waals surface area contributed by atoms with Gasteiger partial charge in [0, 0.05) is 38.8 Å². The van der Waals surface area contributed by atoms with Gasteiger partial charge in [-0.25, -0.2) is 19.6 Å². The molecule has 0 atom stereocenters. The minimum absolute atomic E-state index is 0.133. The van der Waals surface area contributed by atoms with Crippen LogP contribution in [0.2, 0.25) is 0 Å². The van der Waals surface area contributed by atoms with Crippen LogP contribution >= 0.6 is 0 Å². The van der Waals surface area contributed by atoms with Crippen molar-refractivity contribution < 1.29 is 23.9 Å². The van der Waals surface area contributed by atoms with E-state index in [-0.39, 0.29) is 31.6 Å². The molecule has 3 aromatic rings. The van der Waals surface area contributed by atoms with Crippen LogP contribution in [0, 0.1) is 0 Å². The molecule has 0 spiro atoms. The SMILES string of the molecule is CC(C)N(C)c1cc2c(c(CN(C)C(=O)OC(C)(C)C)n1)CN(c1cccc(-c3nnc4n3CCN(C(=O)OC(C)(C)C)C4)n1)C2=O. The Balaban J connectivity index is 1.42. The van der Waals surface area contributed by atoms with E-state index in [2.05, 4.69) is 10.2 Å². The Morgan fingerprint density at radius 2 is 1.66 bits per heavy atom. The van der Waals surface area contributed by atoms with E-state index in [1.807, 2.05) is 90.1 Å². The second-order valence-electron chi connectivity index (χ2n) is 14.3. The zero-order valence-electron chi connectivity index (χ0n) is 29.0. The monoisotopic (exact) mass is 647 g/mol. The average molecular weight is 648 g/mol. The highest BCUT2D eigenvalue weighted by Crippen LogP contribution is 2.33. The van der Waals surface area contributed by atoms with Crippen LogP contribution in [0.25, 0.3) is 11.5 Å². The van der Waals surface area contributed by atoms with Gasteiger partial charge in [-0.1, -0.05) is 6.07 Å². The zero-order valence-corrected chi connectivity index (χ0v) is 29.0. The van der Waals surface area contributed by atoms with Gasteiger partial charge in [-0.15, -0.1) is 10.2 Å². The lowest BCUT2D eigenvalue weighted by atomic mass is 10.1. The Morgan fingerprint density at radius 1 is 0.957 bits per heavy atom. The molecule has 0 bridgehead atoms. The highest BCUT2D eigenvalue weighted by Gasteiger charge is 2.35. The van der Waals surface area contributed by atoms with Crippen molar-refractivity contribution in [3.05, 3.63) is 46.9 Å². The van der Waals surface area contributed by atoms with Gasteiger partial charge >= 0.3 is 12.2 Å². The molecule has 0 saturated heterocycles. The molecule has 47 heavy (non-hydrogen) atoms. The first-order valence-corrected chi connectivity index (χ1v) is 15.8. The molecule has 5 rings (SSSR count). The quantitative estimate of drug-likeness (QED) is 0.365. The number of pyridine rings is 2. The fourth-order valence-electron chi connectivity index (χ4n) is 5.27. The van der Waals surface area contributed by atoms with E-state index in [1.165, 1.54) is 4.90 Å². The molecule has 3 aromatic heterocycles. The Kier molecular flexibility index (Phi) is 8.91. The first kappa shape index (κ1) is 33.6. The molecule has 2 aliphatic heterocycles. The maximum atomic E-state index is 14.0. The molecule has 0 aliphatic carbocycles. The summed E-state index contributed by atoms with van der Waals surface area (Å²) in [6, 6.07) is 7.38. The molecule has 0 fully saturated rings. The molecule has 0 unspecified atom stereocenters. The summed E-state index contributed by atoms with van der Waals surface area (Å²) in [6.45, 7) is 16.6. The fourth-order valence-corrected chi connectivity index (χ4v) is 5.27. The van der Waals surface area contributed by atoms with Gasteiger partial charge in [0.2, 0.25) is 0 Å². The number of carbonyl (C=O) groups is 3. The number of carbonyl (C=O) groups excluding carboxylic acids is 3. The van der Waals surface area contributed by atoms with Gasteiger partial charge in [-0.2, -0.15) is 0 Å². The van der Waals surface area contributed by atoms with E-state index in [4.69, 9.17) is 19.4 Å². The number of rotatable bonds is 6. The number of amides is 3. The molecule has 0 saturated carbocycles. The number of fused-ring (bicyclic) bond motifs is 2. The summed E-state index contributed by atoms with van der Waals surface area (Å²) >= 11 is 0. The topological polar surface area (TPSA) is 139 Å². The Bertz CT molecular complexity index is 1690. The predicted molar refractivity (Wildman–Crippen MR) is 176 cm³/mol. The number of ether oxygens (including phenoxy) is 2. The van der Waals surface area contributed by atoms with Crippen molar-refractivity contribution in [3.8, 4) is 11.5 Å². The van der Waals surface area contributed by atoms with Crippen LogP contribution in [0.1, 0.15) is 82.8 Å². The lowest BCUT2D eigenvalue weighted by Crippen LogP contribution is -2.41. The predicted octanol–water partition coefficient (Wildman–Crippen LogP) is 4.86. The molecule has 14 nitrogen and oxygen atoms in total. The summed E-state index contributed by atoms with van der Waals surface area (Å²) in [7, 11) is 3.58. The summed E-state index contributed by atoms with van der Waals surface area (Å²) < 4.78 is 13.0. The molecule has 0 aromatic carbocycles. The van der Waals surface area contributed by atoms with E-state index in [0.29, 0.717) is 53.3 Å². The Morgan fingerprint density at radius 3 is 2.32 bits per heavy atom. The second kappa shape index (κ2) is 12.5. The number of aromatic nitrogens is 5. The maximum Gasteiger partial charge on any atom is 0.410 e. The summed E-state index contributed by atoms with van der Waals surface area (Å²) in [4.78, 5) is 55.9. The normalized spacial score (nSPS) is 14.7. The number of hydrogen-bond donors (Lipinski definition) is 0.